The van der Waals surface area contributed by atoms with Crippen LogP contribution in [0.2, 0.25) is 0 Å². The van der Waals surface area contributed by atoms with Gasteiger partial charge in [-0.25, -0.2) is 9.59 Å². The van der Waals surface area contributed by atoms with E-state index in [0.717, 1.165) is 57.7 Å². The highest BCUT2D eigenvalue weighted by Crippen LogP contribution is 2.33. The van der Waals surface area contributed by atoms with Crippen LogP contribution >= 0.6 is 0 Å². The second-order valence-electron chi connectivity index (χ2n) is 27.3. The summed E-state index contributed by atoms with van der Waals surface area (Å²) in [6.45, 7) is 24.0. The number of rotatable bonds is 17. The van der Waals surface area contributed by atoms with Gasteiger partial charge in [-0.2, -0.15) is 0 Å². The summed E-state index contributed by atoms with van der Waals surface area (Å²) < 4.78 is 11.0. The van der Waals surface area contributed by atoms with Crippen LogP contribution in [0.4, 0.5) is 9.59 Å². The number of ether oxygens (including phenoxy) is 2. The van der Waals surface area contributed by atoms with E-state index in [4.69, 9.17) is 9.47 Å². The molecule has 2 aliphatic carbocycles. The van der Waals surface area contributed by atoms with Gasteiger partial charge < -0.3 is 46.3 Å². The number of fused-ring (bicyclic) bond motifs is 2. The zero-order valence-corrected chi connectivity index (χ0v) is 52.8. The Morgan fingerprint density at radius 2 is 1.02 bits per heavy atom. The average Bonchev–Trinajstić information content (AvgIpc) is 2.92. The predicted molar refractivity (Wildman–Crippen MR) is 324 cm³/mol. The maximum absolute atomic E-state index is 15.0. The second-order valence-corrected chi connectivity index (χ2v) is 27.3. The largest absolute Gasteiger partial charge is 0.444 e. The summed E-state index contributed by atoms with van der Waals surface area (Å²) in [7, 11) is 2.88. The zero-order valence-electron chi connectivity index (χ0n) is 52.8. The van der Waals surface area contributed by atoms with Gasteiger partial charge in [0.25, 0.3) is 5.91 Å². The zero-order chi connectivity index (χ0) is 63.1. The molecule has 6 N–H and O–H groups in total. The summed E-state index contributed by atoms with van der Waals surface area (Å²) in [6.07, 6.45) is 3.47. The van der Waals surface area contributed by atoms with E-state index >= 15 is 4.79 Å². The standard InChI is InChI=1S/C65H93N9O11/c1-38(72(15)60(82)84-64(9,10)11)53(75)70-51(62(3,4)5)58(80)69-49(56(78)67-47-29-21-25-41-23-17-19-27-45(41)47)35-40-31-33-43(34-32-40)55(77)66-44-36-50(57(79)68-48-30-22-26-42-24-18-20-28-46(42)48)74(37-44)59(81)52(63(6,7)8)71-54(76)39(2)73(16)61(83)85-65(12,13)14/h17-20,23-24,27-28,31-34,38-39,44,47-52H,21-22,25-26,29-30,35-37H2,1-16H3,(H,66,77)(H,67,78)(H,68,79)(H,69,80)(H,70,75)(H,71,76)/t38-,39-,44-,47+,48+,49-,50-,51+,52+/m0/s1. The molecule has 3 aromatic rings. The number of benzene rings is 3. The van der Waals surface area contributed by atoms with Crippen LogP contribution in [0.25, 0.3) is 0 Å². The third kappa shape index (κ3) is 17.8. The SMILES string of the molecule is C[C@@H](C(=O)N[C@H](C(=O)N[C@@H](Cc1ccc(C(=O)N[C@H]2C[C@@H](C(=O)N[C@@H]3CCCc4ccccc43)N(C(=O)[C@@H](NC(=O)[C@H](C)N(C)C(=O)OC(C)(C)C)C(C)(C)C)C2)cc1)C(=O)N[C@@H]1CCCc2ccccc21)C(C)(C)C)N(C)C(=O)OC(C)(C)C. The Morgan fingerprint density at radius 1 is 0.565 bits per heavy atom. The van der Waals surface area contributed by atoms with E-state index in [1.54, 1.807) is 107 Å². The van der Waals surface area contributed by atoms with Crippen molar-refractivity contribution in [3.8, 4) is 0 Å². The Hall–Kier alpha value is -7.51. The monoisotopic (exact) mass is 1180 g/mol. The van der Waals surface area contributed by atoms with Crippen LogP contribution in [0, 0.1) is 10.8 Å². The van der Waals surface area contributed by atoms with E-state index < -0.39 is 118 Å². The van der Waals surface area contributed by atoms with Gasteiger partial charge in [0.2, 0.25) is 35.4 Å². The van der Waals surface area contributed by atoms with Crippen molar-refractivity contribution in [1.29, 1.82) is 0 Å². The van der Waals surface area contributed by atoms with Crippen LogP contribution in [0.15, 0.2) is 72.8 Å². The van der Waals surface area contributed by atoms with Crippen molar-refractivity contribution in [3.05, 3.63) is 106 Å². The smallest absolute Gasteiger partial charge is 0.410 e. The minimum atomic E-state index is -1.16. The van der Waals surface area contributed by atoms with E-state index in [1.165, 1.54) is 32.8 Å². The number of aryl methyl sites for hydroxylation is 2. The highest BCUT2D eigenvalue weighted by atomic mass is 16.6. The first-order valence-electron chi connectivity index (χ1n) is 29.8. The molecule has 0 unspecified atom stereocenters. The fourth-order valence-electron chi connectivity index (χ4n) is 10.9. The van der Waals surface area contributed by atoms with Crippen LogP contribution in [0.1, 0.15) is 179 Å². The highest BCUT2D eigenvalue weighted by Gasteiger charge is 2.47. The molecule has 0 saturated carbocycles. The lowest BCUT2D eigenvalue weighted by Gasteiger charge is -2.37. The van der Waals surface area contributed by atoms with Crippen LogP contribution in [0.5, 0.6) is 0 Å². The molecule has 3 aromatic carbocycles. The number of likely N-dealkylation sites (N-methyl/N-ethyl adjacent to an activating group) is 2. The van der Waals surface area contributed by atoms with Gasteiger partial charge in [-0.3, -0.25) is 43.4 Å². The number of nitrogens with zero attached hydrogens (tertiary/aromatic N) is 3. The molecular formula is C65H93N9O11. The van der Waals surface area contributed by atoms with Crippen molar-refractivity contribution in [3.63, 3.8) is 0 Å². The molecule has 1 fully saturated rings. The normalized spacial score (nSPS) is 19.6. The van der Waals surface area contributed by atoms with E-state index in [-0.39, 0.29) is 37.0 Å². The Labute approximate surface area is 502 Å². The number of hydrogen-bond acceptors (Lipinski definition) is 11. The van der Waals surface area contributed by atoms with Crippen molar-refractivity contribution in [2.45, 2.75) is 214 Å². The van der Waals surface area contributed by atoms with E-state index in [9.17, 15) is 38.4 Å². The van der Waals surface area contributed by atoms with Crippen molar-refractivity contribution in [1.82, 2.24) is 46.6 Å². The van der Waals surface area contributed by atoms with E-state index in [0.29, 0.717) is 18.4 Å². The minimum absolute atomic E-state index is 0.0000591. The number of nitrogens with one attached hydrogen (secondary N) is 6. The molecule has 1 heterocycles. The van der Waals surface area contributed by atoms with Crippen molar-refractivity contribution in [2.24, 2.45) is 10.8 Å². The molecule has 6 rings (SSSR count). The summed E-state index contributed by atoms with van der Waals surface area (Å²) in [5.41, 5.74) is 1.77. The van der Waals surface area contributed by atoms with Gasteiger partial charge in [-0.1, -0.05) is 102 Å². The first-order valence-corrected chi connectivity index (χ1v) is 29.8. The van der Waals surface area contributed by atoms with Crippen LogP contribution in [-0.4, -0.2) is 142 Å². The summed E-state index contributed by atoms with van der Waals surface area (Å²) in [6, 6.07) is 14.6. The van der Waals surface area contributed by atoms with E-state index in [1.807, 2.05) is 48.5 Å². The lowest BCUT2D eigenvalue weighted by Crippen LogP contribution is -2.60. The molecule has 0 radical (unpaired) electrons. The van der Waals surface area contributed by atoms with Crippen molar-refractivity contribution >= 4 is 53.5 Å². The van der Waals surface area contributed by atoms with Gasteiger partial charge in [0.1, 0.15) is 47.5 Å². The van der Waals surface area contributed by atoms with Gasteiger partial charge in [0, 0.05) is 38.7 Å². The first kappa shape index (κ1) is 66.6. The third-order valence-electron chi connectivity index (χ3n) is 16.0. The molecule has 3 aliphatic rings. The lowest BCUT2D eigenvalue weighted by atomic mass is 9.85. The molecule has 20 heteroatoms. The van der Waals surface area contributed by atoms with E-state index in [2.05, 4.69) is 31.9 Å². The Morgan fingerprint density at radius 3 is 1.49 bits per heavy atom. The van der Waals surface area contributed by atoms with Gasteiger partial charge in [0.15, 0.2) is 0 Å². The molecule has 20 nitrogen and oxygen atoms in total. The van der Waals surface area contributed by atoms with Crippen molar-refractivity contribution < 1.29 is 52.6 Å². The average molecular weight is 1180 g/mol. The lowest BCUT2D eigenvalue weighted by molar-refractivity contribution is -0.144. The van der Waals surface area contributed by atoms with Gasteiger partial charge in [0.05, 0.1) is 12.1 Å². The van der Waals surface area contributed by atoms with Gasteiger partial charge >= 0.3 is 12.2 Å². The summed E-state index contributed by atoms with van der Waals surface area (Å²) in [4.78, 5) is 130. The molecule has 1 saturated heterocycles. The molecule has 1 aliphatic heterocycles. The molecular weight excluding hydrogens is 1080 g/mol. The Kier molecular flexibility index (Phi) is 21.4. The van der Waals surface area contributed by atoms with Gasteiger partial charge in [-0.15, -0.1) is 0 Å². The van der Waals surface area contributed by atoms with Gasteiger partial charge in [-0.05, 0) is 151 Å². The second kappa shape index (κ2) is 27.2. The minimum Gasteiger partial charge on any atom is -0.444 e. The first-order chi connectivity index (χ1) is 39.5. The number of carbonyl (C=O) groups is 9. The fraction of sp³-hybridized carbons (Fsp3) is 0.585. The van der Waals surface area contributed by atoms with Crippen LogP contribution in [-0.2, 0) is 57.5 Å². The maximum atomic E-state index is 15.0. The predicted octanol–water partition coefficient (Wildman–Crippen LogP) is 7.37. The summed E-state index contributed by atoms with van der Waals surface area (Å²) >= 11 is 0. The molecule has 464 valence electrons. The molecule has 9 amide bonds. The maximum Gasteiger partial charge on any atom is 0.410 e. The molecule has 9 atom stereocenters. The summed E-state index contributed by atoms with van der Waals surface area (Å²) in [5, 5.41) is 18.1. The topological polar surface area (TPSA) is 254 Å². The molecule has 0 bridgehead atoms. The Balaban J connectivity index is 1.23. The molecule has 0 spiro atoms. The summed E-state index contributed by atoms with van der Waals surface area (Å²) in [5.74, 6) is -3.70. The third-order valence-corrected chi connectivity index (χ3v) is 16.0. The Bertz CT molecular complexity index is 2940. The quantitative estimate of drug-likeness (QED) is 0.0778. The van der Waals surface area contributed by atoms with Crippen LogP contribution < -0.4 is 31.9 Å². The van der Waals surface area contributed by atoms with Crippen molar-refractivity contribution in [2.75, 3.05) is 20.6 Å². The van der Waals surface area contributed by atoms with Crippen LogP contribution in [0.3, 0.4) is 0 Å². The molecule has 85 heavy (non-hydrogen) atoms. The number of amides is 9. The number of likely N-dealkylation sites (tertiary alicyclic amines) is 1. The number of hydrogen-bond donors (Lipinski definition) is 6. The fourth-order valence-corrected chi connectivity index (χ4v) is 10.9. The number of carbonyl (C=O) groups excluding carboxylic acids is 9. The highest BCUT2D eigenvalue weighted by molar-refractivity contribution is 5.97. The molecule has 0 aromatic heterocycles.